The number of nitrogens with one attached hydrogen (secondary N) is 1. The summed E-state index contributed by atoms with van der Waals surface area (Å²) < 4.78 is 11.5. The third kappa shape index (κ3) is 4.38. The zero-order valence-electron chi connectivity index (χ0n) is 15.6. The van der Waals surface area contributed by atoms with Crippen LogP contribution in [-0.4, -0.2) is 24.4 Å². The molecule has 4 nitrogen and oxygen atoms in total. The number of rotatable bonds is 4. The summed E-state index contributed by atoms with van der Waals surface area (Å²) in [4.78, 5) is 3.46. The van der Waals surface area contributed by atoms with Gasteiger partial charge in [0.1, 0.15) is 13.2 Å². The number of thiophene rings is 1. The Kier molecular flexibility index (Phi) is 5.83. The molecule has 0 unspecified atom stereocenters. The maximum Gasteiger partial charge on any atom is 0.174 e. The number of fused-ring (bicyclic) bond motifs is 1. The minimum absolute atomic E-state index is 0.453. The minimum atomic E-state index is 0.453. The monoisotopic (exact) mass is 402 g/mol. The number of hydrogen-bond acceptors (Lipinski definition) is 4. The lowest BCUT2D eigenvalue weighted by Crippen LogP contribution is -2.47. The van der Waals surface area contributed by atoms with Crippen LogP contribution in [0.3, 0.4) is 0 Å². The third-order valence-electron chi connectivity index (χ3n) is 5.40. The van der Waals surface area contributed by atoms with Gasteiger partial charge in [-0.25, -0.2) is 0 Å². The predicted octanol–water partition coefficient (Wildman–Crippen LogP) is 4.98. The van der Waals surface area contributed by atoms with Crippen LogP contribution in [0.1, 0.15) is 37.5 Å². The van der Waals surface area contributed by atoms with Crippen LogP contribution in [0.25, 0.3) is 0 Å². The Labute approximate surface area is 170 Å². The summed E-state index contributed by atoms with van der Waals surface area (Å²) in [6.45, 7) is 4.27. The lowest BCUT2D eigenvalue weighted by molar-refractivity contribution is 0.171. The molecule has 1 aliphatic carbocycles. The van der Waals surface area contributed by atoms with E-state index in [1.165, 1.54) is 30.6 Å². The molecule has 0 amide bonds. The topological polar surface area (TPSA) is 33.7 Å². The Morgan fingerprint density at radius 1 is 1.19 bits per heavy atom. The molecule has 1 aliphatic heterocycles. The predicted molar refractivity (Wildman–Crippen MR) is 115 cm³/mol. The highest BCUT2D eigenvalue weighted by Crippen LogP contribution is 2.35. The van der Waals surface area contributed by atoms with Gasteiger partial charge in [0.15, 0.2) is 16.6 Å². The Morgan fingerprint density at radius 2 is 2.00 bits per heavy atom. The van der Waals surface area contributed by atoms with Gasteiger partial charge in [-0.05, 0) is 54.6 Å². The molecule has 4 rings (SSSR count). The zero-order chi connectivity index (χ0) is 18.6. The van der Waals surface area contributed by atoms with E-state index in [9.17, 15) is 0 Å². The van der Waals surface area contributed by atoms with E-state index in [0.29, 0.717) is 25.2 Å². The van der Waals surface area contributed by atoms with E-state index >= 15 is 0 Å². The van der Waals surface area contributed by atoms with Crippen LogP contribution in [0.4, 0.5) is 5.69 Å². The number of anilines is 1. The fourth-order valence-electron chi connectivity index (χ4n) is 3.81. The highest BCUT2D eigenvalue weighted by atomic mass is 32.1. The Morgan fingerprint density at radius 3 is 2.78 bits per heavy atom. The zero-order valence-corrected chi connectivity index (χ0v) is 17.3. The first-order chi connectivity index (χ1) is 13.2. The number of benzene rings is 1. The first kappa shape index (κ1) is 18.6. The largest absolute Gasteiger partial charge is 0.486 e. The quantitative estimate of drug-likeness (QED) is 0.730. The van der Waals surface area contributed by atoms with Crippen LogP contribution in [0, 0.1) is 5.92 Å². The molecule has 1 aromatic heterocycles. The Hall–Kier alpha value is -1.79. The Bertz CT molecular complexity index is 778. The summed E-state index contributed by atoms with van der Waals surface area (Å²) in [6.07, 6.45) is 5.07. The van der Waals surface area contributed by atoms with Gasteiger partial charge in [-0.15, -0.1) is 11.3 Å². The van der Waals surface area contributed by atoms with Crippen LogP contribution in [-0.2, 0) is 6.54 Å². The fourth-order valence-corrected chi connectivity index (χ4v) is 4.82. The van der Waals surface area contributed by atoms with Crippen molar-refractivity contribution in [1.82, 2.24) is 5.32 Å². The van der Waals surface area contributed by atoms with Crippen molar-refractivity contribution in [3.8, 4) is 11.5 Å². The molecule has 2 aromatic rings. The van der Waals surface area contributed by atoms with Crippen molar-refractivity contribution in [2.24, 2.45) is 5.92 Å². The summed E-state index contributed by atoms with van der Waals surface area (Å²) in [5, 5.41) is 6.55. The molecule has 1 fully saturated rings. The van der Waals surface area contributed by atoms with E-state index in [-0.39, 0.29) is 0 Å². The average molecular weight is 403 g/mol. The molecule has 6 heteroatoms. The minimum Gasteiger partial charge on any atom is -0.486 e. The van der Waals surface area contributed by atoms with E-state index in [0.717, 1.165) is 28.8 Å². The van der Waals surface area contributed by atoms with Crippen LogP contribution < -0.4 is 19.7 Å². The first-order valence-electron chi connectivity index (χ1n) is 9.71. The summed E-state index contributed by atoms with van der Waals surface area (Å²) >= 11 is 7.62. The molecule has 2 aliphatic rings. The lowest BCUT2D eigenvalue weighted by atomic mass is 9.86. The molecular formula is C21H26N2O2S2. The van der Waals surface area contributed by atoms with Crippen molar-refractivity contribution in [1.29, 1.82) is 0 Å². The SMILES string of the molecule is C[C@@H]1CCCC[C@H]1NC(=S)N(Cc1cccs1)c1ccc2c(c1)OCCO2. The van der Waals surface area contributed by atoms with Crippen LogP contribution in [0.2, 0.25) is 0 Å². The third-order valence-corrected chi connectivity index (χ3v) is 6.60. The summed E-state index contributed by atoms with van der Waals surface area (Å²) in [5.41, 5.74) is 1.04. The van der Waals surface area contributed by atoms with Crippen molar-refractivity contribution in [3.63, 3.8) is 0 Å². The van der Waals surface area contributed by atoms with Gasteiger partial charge in [0.05, 0.1) is 6.54 Å². The maximum absolute atomic E-state index is 5.87. The van der Waals surface area contributed by atoms with Gasteiger partial charge in [-0.3, -0.25) is 0 Å². The molecule has 1 N–H and O–H groups in total. The Balaban J connectivity index is 1.57. The highest BCUT2D eigenvalue weighted by molar-refractivity contribution is 7.80. The molecule has 27 heavy (non-hydrogen) atoms. The summed E-state index contributed by atoms with van der Waals surface area (Å²) in [7, 11) is 0. The molecule has 0 bridgehead atoms. The van der Waals surface area contributed by atoms with E-state index < -0.39 is 0 Å². The van der Waals surface area contributed by atoms with Crippen molar-refractivity contribution in [2.75, 3.05) is 18.1 Å². The fraction of sp³-hybridized carbons (Fsp3) is 0.476. The van der Waals surface area contributed by atoms with Crippen LogP contribution in [0.15, 0.2) is 35.7 Å². The second kappa shape index (κ2) is 8.48. The molecule has 2 heterocycles. The molecule has 0 spiro atoms. The molecule has 144 valence electrons. The second-order valence-electron chi connectivity index (χ2n) is 7.31. The normalized spacial score (nSPS) is 21.5. The lowest BCUT2D eigenvalue weighted by Gasteiger charge is -2.34. The van der Waals surface area contributed by atoms with Gasteiger partial charge < -0.3 is 19.7 Å². The van der Waals surface area contributed by atoms with Crippen molar-refractivity contribution in [3.05, 3.63) is 40.6 Å². The molecule has 1 aromatic carbocycles. The second-order valence-corrected chi connectivity index (χ2v) is 8.73. The van der Waals surface area contributed by atoms with Gasteiger partial charge >= 0.3 is 0 Å². The van der Waals surface area contributed by atoms with Gasteiger partial charge in [-0.2, -0.15) is 0 Å². The van der Waals surface area contributed by atoms with Crippen molar-refractivity contribution in [2.45, 2.75) is 45.2 Å². The van der Waals surface area contributed by atoms with Gasteiger partial charge in [0.2, 0.25) is 0 Å². The molecule has 1 saturated carbocycles. The molecule has 2 atom stereocenters. The maximum atomic E-state index is 5.87. The van der Waals surface area contributed by atoms with Crippen molar-refractivity contribution < 1.29 is 9.47 Å². The van der Waals surface area contributed by atoms with Gasteiger partial charge in [0, 0.05) is 22.7 Å². The summed E-state index contributed by atoms with van der Waals surface area (Å²) in [5.74, 6) is 2.25. The first-order valence-corrected chi connectivity index (χ1v) is 11.0. The smallest absolute Gasteiger partial charge is 0.174 e. The van der Waals surface area contributed by atoms with E-state index in [4.69, 9.17) is 21.7 Å². The summed E-state index contributed by atoms with van der Waals surface area (Å²) in [6, 6.07) is 10.8. The average Bonchev–Trinajstić information content (AvgIpc) is 3.21. The van der Waals surface area contributed by atoms with Gasteiger partial charge in [-0.1, -0.05) is 25.8 Å². The standard InChI is InChI=1S/C21H26N2O2S2/c1-15-5-2-3-7-18(15)22-21(26)23(14-17-6-4-12-27-17)16-8-9-19-20(13-16)25-11-10-24-19/h4,6,8-9,12-13,15,18H,2-3,5,7,10-11,14H2,1H3,(H,22,26)/t15-,18-/m1/s1. The van der Waals surface area contributed by atoms with Crippen LogP contribution >= 0.6 is 23.6 Å². The molecule has 0 saturated heterocycles. The van der Waals surface area contributed by atoms with E-state index in [1.54, 1.807) is 11.3 Å². The van der Waals surface area contributed by atoms with E-state index in [1.807, 2.05) is 12.1 Å². The highest BCUT2D eigenvalue weighted by Gasteiger charge is 2.25. The van der Waals surface area contributed by atoms with Crippen molar-refractivity contribution >= 4 is 34.4 Å². The number of ether oxygens (including phenoxy) is 2. The number of nitrogens with zero attached hydrogens (tertiary/aromatic N) is 1. The molecule has 0 radical (unpaired) electrons. The number of thiocarbonyl (C=S) groups is 1. The van der Waals surface area contributed by atoms with Gasteiger partial charge in [0.25, 0.3) is 0 Å². The molecular weight excluding hydrogens is 376 g/mol. The van der Waals surface area contributed by atoms with Crippen LogP contribution in [0.5, 0.6) is 11.5 Å². The van der Waals surface area contributed by atoms with E-state index in [2.05, 4.69) is 40.7 Å². The number of hydrogen-bond donors (Lipinski definition) is 1.